The van der Waals surface area contributed by atoms with Gasteiger partial charge in [-0.15, -0.1) is 0 Å². The first-order chi connectivity index (χ1) is 11.2. The quantitative estimate of drug-likeness (QED) is 0.818. The maximum atomic E-state index is 12.8. The fraction of sp³-hybridized carbons (Fsp3) is 0.750. The number of amides is 1. The zero-order chi connectivity index (χ0) is 16.2. The van der Waals surface area contributed by atoms with E-state index in [4.69, 9.17) is 4.74 Å². The molecule has 23 heavy (non-hydrogen) atoms. The number of aryl methyl sites for hydroxylation is 1. The van der Waals surface area contributed by atoms with Gasteiger partial charge in [-0.25, -0.2) is 0 Å². The van der Waals surface area contributed by atoms with E-state index in [2.05, 4.69) is 15.3 Å². The number of hydrogen-bond acceptors (Lipinski definition) is 5. The lowest BCUT2D eigenvalue weighted by Gasteiger charge is -2.37. The zero-order valence-electron chi connectivity index (χ0n) is 14.1. The average Bonchev–Trinajstić information content (AvgIpc) is 3.21. The molecule has 1 aromatic heterocycles. The van der Waals surface area contributed by atoms with Gasteiger partial charge in [0.15, 0.2) is 0 Å². The number of carbonyl (C=O) groups excluding carboxylic acids is 1. The highest BCUT2D eigenvalue weighted by Gasteiger charge is 2.29. The van der Waals surface area contributed by atoms with Crippen molar-refractivity contribution in [3.8, 4) is 0 Å². The summed E-state index contributed by atoms with van der Waals surface area (Å²) in [4.78, 5) is 17.2. The van der Waals surface area contributed by atoms with Crippen molar-refractivity contribution in [1.82, 2.24) is 24.9 Å². The minimum Gasteiger partial charge on any atom is -0.381 e. The van der Waals surface area contributed by atoms with Crippen LogP contribution in [-0.4, -0.2) is 78.5 Å². The van der Waals surface area contributed by atoms with E-state index in [1.165, 1.54) is 6.42 Å². The number of hydrogen-bond donors (Lipinski definition) is 1. The molecular formula is C16H27N5O2. The van der Waals surface area contributed by atoms with Crippen molar-refractivity contribution in [1.29, 1.82) is 0 Å². The molecule has 1 N–H and O–H groups in total. The van der Waals surface area contributed by atoms with Crippen molar-refractivity contribution in [2.45, 2.75) is 12.5 Å². The Morgan fingerprint density at radius 3 is 2.78 bits per heavy atom. The summed E-state index contributed by atoms with van der Waals surface area (Å²) < 4.78 is 7.18. The Hall–Kier alpha value is -1.44. The number of ether oxygens (including phenoxy) is 1. The Morgan fingerprint density at radius 2 is 2.22 bits per heavy atom. The summed E-state index contributed by atoms with van der Waals surface area (Å²) in [5.41, 5.74) is 0.922. The summed E-state index contributed by atoms with van der Waals surface area (Å²) in [6.45, 7) is 6.38. The van der Waals surface area contributed by atoms with Gasteiger partial charge in [0.25, 0.3) is 0 Å². The molecule has 2 atom stereocenters. The number of nitrogens with zero attached hydrogens (tertiary/aromatic N) is 4. The van der Waals surface area contributed by atoms with Crippen LogP contribution in [0.2, 0.25) is 0 Å². The molecule has 2 fully saturated rings. The Labute approximate surface area is 137 Å². The topological polar surface area (TPSA) is 62.6 Å². The molecule has 7 nitrogen and oxygen atoms in total. The van der Waals surface area contributed by atoms with Gasteiger partial charge in [-0.05, 0) is 19.4 Å². The monoisotopic (exact) mass is 321 g/mol. The van der Waals surface area contributed by atoms with Crippen LogP contribution in [0, 0.1) is 5.92 Å². The maximum Gasteiger partial charge on any atom is 0.244 e. The molecule has 7 heteroatoms. The fourth-order valence-corrected chi connectivity index (χ4v) is 3.45. The van der Waals surface area contributed by atoms with Crippen LogP contribution < -0.4 is 5.32 Å². The summed E-state index contributed by atoms with van der Waals surface area (Å²) in [5, 5.41) is 7.29. The highest BCUT2D eigenvalue weighted by Crippen LogP contribution is 2.18. The first kappa shape index (κ1) is 16.4. The Kier molecular flexibility index (Phi) is 5.30. The lowest BCUT2D eigenvalue weighted by Crippen LogP contribution is -2.52. The standard InChI is InChI=1S/C16H27N5O2/c1-17-15(14-9-18-19(2)11-14)16(22)21-6-4-20(5-7-21)10-13-3-8-23-12-13/h9,11,13,15,17H,3-8,10,12H2,1-2H3. The first-order valence-corrected chi connectivity index (χ1v) is 8.42. The minimum atomic E-state index is -0.307. The van der Waals surface area contributed by atoms with Crippen LogP contribution in [0.1, 0.15) is 18.0 Å². The van der Waals surface area contributed by atoms with Crippen LogP contribution in [0.25, 0.3) is 0 Å². The molecule has 0 bridgehead atoms. The Balaban J connectivity index is 1.52. The minimum absolute atomic E-state index is 0.143. The smallest absolute Gasteiger partial charge is 0.244 e. The molecule has 2 aliphatic rings. The highest BCUT2D eigenvalue weighted by atomic mass is 16.5. The van der Waals surface area contributed by atoms with Crippen molar-refractivity contribution < 1.29 is 9.53 Å². The van der Waals surface area contributed by atoms with Gasteiger partial charge < -0.3 is 15.0 Å². The molecule has 128 valence electrons. The van der Waals surface area contributed by atoms with E-state index >= 15 is 0 Å². The van der Waals surface area contributed by atoms with Crippen molar-refractivity contribution in [2.75, 3.05) is 53.0 Å². The van der Waals surface area contributed by atoms with Gasteiger partial charge in [-0.3, -0.25) is 14.4 Å². The number of nitrogens with one attached hydrogen (secondary N) is 1. The number of carbonyl (C=O) groups is 1. The predicted molar refractivity (Wildman–Crippen MR) is 87.0 cm³/mol. The Bertz CT molecular complexity index is 518. The second-order valence-electron chi connectivity index (χ2n) is 6.52. The molecule has 3 heterocycles. The van der Waals surface area contributed by atoms with Gasteiger partial charge in [0.2, 0.25) is 5.91 Å². The van der Waals surface area contributed by atoms with Crippen molar-refractivity contribution >= 4 is 5.91 Å². The SMILES string of the molecule is CNC(C(=O)N1CCN(CC2CCOC2)CC1)c1cnn(C)c1. The first-order valence-electron chi connectivity index (χ1n) is 8.42. The summed E-state index contributed by atoms with van der Waals surface area (Å²) >= 11 is 0. The molecular weight excluding hydrogens is 294 g/mol. The van der Waals surface area contributed by atoms with Gasteiger partial charge >= 0.3 is 0 Å². The fourth-order valence-electron chi connectivity index (χ4n) is 3.45. The van der Waals surface area contributed by atoms with Gasteiger partial charge in [0.1, 0.15) is 6.04 Å². The van der Waals surface area contributed by atoms with E-state index in [0.717, 1.165) is 51.5 Å². The number of rotatable bonds is 5. The molecule has 0 saturated carbocycles. The third kappa shape index (κ3) is 3.91. The molecule has 2 saturated heterocycles. The van der Waals surface area contributed by atoms with E-state index in [9.17, 15) is 4.79 Å². The van der Waals surface area contributed by atoms with Crippen LogP contribution in [-0.2, 0) is 16.6 Å². The van der Waals surface area contributed by atoms with Gasteiger partial charge in [-0.2, -0.15) is 5.10 Å². The summed E-state index contributed by atoms with van der Waals surface area (Å²) in [7, 11) is 3.69. The average molecular weight is 321 g/mol. The number of piperazine rings is 1. The van der Waals surface area contributed by atoms with Gasteiger partial charge in [-0.1, -0.05) is 0 Å². The lowest BCUT2D eigenvalue weighted by molar-refractivity contribution is -0.135. The summed E-state index contributed by atoms with van der Waals surface area (Å²) in [6, 6.07) is -0.307. The normalized spacial score (nSPS) is 24.1. The number of likely N-dealkylation sites (N-methyl/N-ethyl adjacent to an activating group) is 1. The van der Waals surface area contributed by atoms with Crippen LogP contribution in [0.3, 0.4) is 0 Å². The van der Waals surface area contributed by atoms with E-state index in [0.29, 0.717) is 5.92 Å². The molecule has 1 amide bonds. The third-order valence-electron chi connectivity index (χ3n) is 4.82. The van der Waals surface area contributed by atoms with Crippen LogP contribution >= 0.6 is 0 Å². The molecule has 2 aliphatic heterocycles. The van der Waals surface area contributed by atoms with Crippen LogP contribution in [0.5, 0.6) is 0 Å². The lowest BCUT2D eigenvalue weighted by atomic mass is 10.1. The van der Waals surface area contributed by atoms with E-state index < -0.39 is 0 Å². The van der Waals surface area contributed by atoms with Crippen molar-refractivity contribution in [2.24, 2.45) is 13.0 Å². The molecule has 0 spiro atoms. The molecule has 3 rings (SSSR count). The second kappa shape index (κ2) is 7.42. The van der Waals surface area contributed by atoms with Gasteiger partial charge in [0, 0.05) is 58.1 Å². The maximum absolute atomic E-state index is 12.8. The Morgan fingerprint density at radius 1 is 1.43 bits per heavy atom. The second-order valence-corrected chi connectivity index (χ2v) is 6.52. The van der Waals surface area contributed by atoms with E-state index in [-0.39, 0.29) is 11.9 Å². The predicted octanol–water partition coefficient (Wildman–Crippen LogP) is -0.139. The molecule has 0 radical (unpaired) electrons. The summed E-state index contributed by atoms with van der Waals surface area (Å²) in [6.07, 6.45) is 4.83. The largest absolute Gasteiger partial charge is 0.381 e. The van der Waals surface area contributed by atoms with Crippen LogP contribution in [0.15, 0.2) is 12.4 Å². The highest BCUT2D eigenvalue weighted by molar-refractivity contribution is 5.83. The molecule has 2 unspecified atom stereocenters. The van der Waals surface area contributed by atoms with Crippen molar-refractivity contribution in [3.63, 3.8) is 0 Å². The molecule has 0 aromatic carbocycles. The van der Waals surface area contributed by atoms with Gasteiger partial charge in [0.05, 0.1) is 12.8 Å². The molecule has 1 aromatic rings. The summed E-state index contributed by atoms with van der Waals surface area (Å²) in [5.74, 6) is 0.807. The number of aromatic nitrogens is 2. The van der Waals surface area contributed by atoms with Crippen LogP contribution in [0.4, 0.5) is 0 Å². The van der Waals surface area contributed by atoms with E-state index in [1.54, 1.807) is 10.9 Å². The van der Waals surface area contributed by atoms with E-state index in [1.807, 2.05) is 25.2 Å². The third-order valence-corrected chi connectivity index (χ3v) is 4.82. The molecule has 0 aliphatic carbocycles. The zero-order valence-corrected chi connectivity index (χ0v) is 14.1. The van der Waals surface area contributed by atoms with Crippen molar-refractivity contribution in [3.05, 3.63) is 18.0 Å².